The zero-order valence-corrected chi connectivity index (χ0v) is 19.0. The summed E-state index contributed by atoms with van der Waals surface area (Å²) in [7, 11) is 0. The molecular formula is C23H22Cl2N6O. The molecule has 164 valence electrons. The molecule has 0 saturated carbocycles. The molecule has 3 heterocycles. The summed E-state index contributed by atoms with van der Waals surface area (Å²) < 4.78 is 0. The van der Waals surface area contributed by atoms with Crippen molar-refractivity contribution in [3.63, 3.8) is 0 Å². The molecule has 1 aliphatic rings. The van der Waals surface area contributed by atoms with E-state index < -0.39 is 0 Å². The number of carbonyl (C=O) groups is 1. The van der Waals surface area contributed by atoms with Gasteiger partial charge in [0.25, 0.3) is 5.91 Å². The Morgan fingerprint density at radius 3 is 2.72 bits per heavy atom. The van der Waals surface area contributed by atoms with Gasteiger partial charge in [0.15, 0.2) is 5.96 Å². The zero-order chi connectivity index (χ0) is 22.5. The minimum absolute atomic E-state index is 0.276. The van der Waals surface area contributed by atoms with E-state index in [0.29, 0.717) is 34.5 Å². The lowest BCUT2D eigenvalue weighted by Gasteiger charge is -2.12. The first kappa shape index (κ1) is 22.0. The first-order chi connectivity index (χ1) is 15.5. The zero-order valence-electron chi connectivity index (χ0n) is 17.5. The van der Waals surface area contributed by atoms with Crippen molar-refractivity contribution >= 4 is 35.1 Å². The number of aryl methyl sites for hydroxylation is 1. The Morgan fingerprint density at radius 2 is 1.97 bits per heavy atom. The molecule has 3 aromatic rings. The van der Waals surface area contributed by atoms with Gasteiger partial charge in [0.1, 0.15) is 5.69 Å². The molecule has 4 rings (SSSR count). The van der Waals surface area contributed by atoms with Gasteiger partial charge in [-0.15, -0.1) is 0 Å². The van der Waals surface area contributed by atoms with Crippen LogP contribution in [0.1, 0.15) is 27.2 Å². The Kier molecular flexibility index (Phi) is 6.87. The van der Waals surface area contributed by atoms with E-state index in [1.807, 2.05) is 25.1 Å². The lowest BCUT2D eigenvalue weighted by molar-refractivity contribution is 0.0946. The summed E-state index contributed by atoms with van der Waals surface area (Å²) in [6.45, 7) is 4.37. The topological polar surface area (TPSA) is 91.3 Å². The highest BCUT2D eigenvalue weighted by molar-refractivity contribution is 6.42. The number of pyridine rings is 2. The molecule has 9 heteroatoms. The second kappa shape index (κ2) is 9.97. The fourth-order valence-electron chi connectivity index (χ4n) is 3.33. The quantitative estimate of drug-likeness (QED) is 0.512. The predicted octanol–water partition coefficient (Wildman–Crippen LogP) is 3.74. The SMILES string of the molecule is Cc1cnccc1-c1cc(CNC2=NCCN2)cc(C(=O)NCc2ccc(Cl)c(Cl)c2)n1. The van der Waals surface area contributed by atoms with Gasteiger partial charge in [0.05, 0.1) is 22.3 Å². The monoisotopic (exact) mass is 468 g/mol. The summed E-state index contributed by atoms with van der Waals surface area (Å²) >= 11 is 12.0. The van der Waals surface area contributed by atoms with Crippen molar-refractivity contribution in [2.24, 2.45) is 4.99 Å². The Hall–Kier alpha value is -3.16. The van der Waals surface area contributed by atoms with Crippen LogP contribution in [0.2, 0.25) is 10.0 Å². The molecule has 0 radical (unpaired) electrons. The molecule has 0 bridgehead atoms. The van der Waals surface area contributed by atoms with Crippen LogP contribution in [0.15, 0.2) is 53.8 Å². The van der Waals surface area contributed by atoms with Gasteiger partial charge in [-0.3, -0.25) is 14.8 Å². The van der Waals surface area contributed by atoms with Crippen molar-refractivity contribution in [1.29, 1.82) is 0 Å². The maximum Gasteiger partial charge on any atom is 0.270 e. The summed E-state index contributed by atoms with van der Waals surface area (Å²) in [6.07, 6.45) is 3.50. The summed E-state index contributed by atoms with van der Waals surface area (Å²) in [5.41, 5.74) is 4.72. The van der Waals surface area contributed by atoms with E-state index in [1.165, 1.54) is 0 Å². The van der Waals surface area contributed by atoms with Crippen LogP contribution >= 0.6 is 23.2 Å². The average molecular weight is 469 g/mol. The largest absolute Gasteiger partial charge is 0.355 e. The minimum atomic E-state index is -0.276. The predicted molar refractivity (Wildman–Crippen MR) is 127 cm³/mol. The molecular weight excluding hydrogens is 447 g/mol. The van der Waals surface area contributed by atoms with Crippen LogP contribution in [-0.4, -0.2) is 34.9 Å². The van der Waals surface area contributed by atoms with Gasteiger partial charge in [0, 0.05) is 37.6 Å². The lowest BCUT2D eigenvalue weighted by Crippen LogP contribution is -2.33. The summed E-state index contributed by atoms with van der Waals surface area (Å²) in [6, 6.07) is 10.9. The first-order valence-corrected chi connectivity index (χ1v) is 10.9. The number of aromatic nitrogens is 2. The molecule has 1 aliphatic heterocycles. The van der Waals surface area contributed by atoms with E-state index in [1.54, 1.807) is 30.6 Å². The van der Waals surface area contributed by atoms with Gasteiger partial charge in [0.2, 0.25) is 0 Å². The summed E-state index contributed by atoms with van der Waals surface area (Å²) in [4.78, 5) is 26.1. The molecule has 0 aliphatic carbocycles. The van der Waals surface area contributed by atoms with Crippen LogP contribution in [0.4, 0.5) is 0 Å². The average Bonchev–Trinajstić information content (AvgIpc) is 3.32. The lowest BCUT2D eigenvalue weighted by atomic mass is 10.0. The summed E-state index contributed by atoms with van der Waals surface area (Å²) in [5, 5.41) is 10.3. The summed E-state index contributed by atoms with van der Waals surface area (Å²) in [5.74, 6) is 0.483. The Balaban J connectivity index is 1.58. The number of hydrogen-bond donors (Lipinski definition) is 3. The van der Waals surface area contributed by atoms with Gasteiger partial charge < -0.3 is 16.0 Å². The van der Waals surface area contributed by atoms with Crippen LogP contribution in [0.3, 0.4) is 0 Å². The number of benzene rings is 1. The van der Waals surface area contributed by atoms with Crippen LogP contribution in [0.5, 0.6) is 0 Å². The van der Waals surface area contributed by atoms with E-state index in [9.17, 15) is 4.79 Å². The number of aliphatic imine (C=N–C) groups is 1. The van der Waals surface area contributed by atoms with E-state index in [2.05, 4.69) is 30.9 Å². The fraction of sp³-hybridized carbons (Fsp3) is 0.217. The van der Waals surface area contributed by atoms with Crippen molar-refractivity contribution in [3.05, 3.63) is 81.2 Å². The fourth-order valence-corrected chi connectivity index (χ4v) is 3.65. The van der Waals surface area contributed by atoms with Crippen molar-refractivity contribution in [2.45, 2.75) is 20.0 Å². The van der Waals surface area contributed by atoms with Crippen molar-refractivity contribution in [2.75, 3.05) is 13.1 Å². The molecule has 0 fully saturated rings. The molecule has 32 heavy (non-hydrogen) atoms. The molecule has 7 nitrogen and oxygen atoms in total. The Bertz CT molecular complexity index is 1180. The number of amides is 1. The van der Waals surface area contributed by atoms with Crippen LogP contribution in [0.25, 0.3) is 11.3 Å². The van der Waals surface area contributed by atoms with E-state index >= 15 is 0 Å². The number of carbonyl (C=O) groups excluding carboxylic acids is 1. The highest BCUT2D eigenvalue weighted by Gasteiger charge is 2.14. The Labute approximate surface area is 196 Å². The molecule has 2 aromatic heterocycles. The van der Waals surface area contributed by atoms with Crippen LogP contribution in [0, 0.1) is 6.92 Å². The number of guanidine groups is 1. The second-order valence-corrected chi connectivity index (χ2v) is 8.19. The van der Waals surface area contributed by atoms with Crippen molar-refractivity contribution in [3.8, 4) is 11.3 Å². The van der Waals surface area contributed by atoms with Crippen LogP contribution in [-0.2, 0) is 13.1 Å². The maximum absolute atomic E-state index is 12.9. The van der Waals surface area contributed by atoms with Gasteiger partial charge in [-0.2, -0.15) is 0 Å². The van der Waals surface area contributed by atoms with Gasteiger partial charge in [-0.1, -0.05) is 29.3 Å². The standard InChI is InChI=1S/C23H22Cl2N6O/c1-14-11-26-5-4-17(14)20-9-16(13-30-23-27-6-7-28-23)10-21(31-20)22(32)29-12-15-2-3-18(24)19(25)8-15/h2-5,8-11H,6-7,12-13H2,1H3,(H,29,32)(H2,27,28,30). The number of nitrogens with one attached hydrogen (secondary N) is 3. The van der Waals surface area contributed by atoms with Gasteiger partial charge in [-0.25, -0.2) is 4.98 Å². The minimum Gasteiger partial charge on any atom is -0.355 e. The second-order valence-electron chi connectivity index (χ2n) is 7.38. The highest BCUT2D eigenvalue weighted by Crippen LogP contribution is 2.24. The number of halogens is 2. The van der Waals surface area contributed by atoms with E-state index in [4.69, 9.17) is 23.2 Å². The number of rotatable bonds is 6. The third-order valence-electron chi connectivity index (χ3n) is 4.99. The molecule has 1 amide bonds. The van der Waals surface area contributed by atoms with E-state index in [-0.39, 0.29) is 5.91 Å². The van der Waals surface area contributed by atoms with Crippen molar-refractivity contribution in [1.82, 2.24) is 25.9 Å². The van der Waals surface area contributed by atoms with Crippen LogP contribution < -0.4 is 16.0 Å². The number of hydrogen-bond acceptors (Lipinski definition) is 6. The van der Waals surface area contributed by atoms with Crippen molar-refractivity contribution < 1.29 is 4.79 Å². The molecule has 3 N–H and O–H groups in total. The smallest absolute Gasteiger partial charge is 0.270 e. The Morgan fingerprint density at radius 1 is 1.09 bits per heavy atom. The molecule has 0 spiro atoms. The third kappa shape index (κ3) is 5.36. The number of nitrogens with zero attached hydrogens (tertiary/aromatic N) is 3. The third-order valence-corrected chi connectivity index (χ3v) is 5.72. The first-order valence-electron chi connectivity index (χ1n) is 10.2. The molecule has 0 saturated heterocycles. The van der Waals surface area contributed by atoms with Gasteiger partial charge >= 0.3 is 0 Å². The molecule has 0 unspecified atom stereocenters. The molecule has 0 atom stereocenters. The normalized spacial score (nSPS) is 12.8. The van der Waals surface area contributed by atoms with E-state index in [0.717, 1.165) is 41.3 Å². The highest BCUT2D eigenvalue weighted by atomic mass is 35.5. The van der Waals surface area contributed by atoms with Gasteiger partial charge in [-0.05, 0) is 53.9 Å². The maximum atomic E-state index is 12.9. The molecule has 1 aromatic carbocycles.